The normalized spacial score (nSPS) is 19.2. The van der Waals surface area contributed by atoms with Gasteiger partial charge in [-0.15, -0.1) is 0 Å². The van der Waals surface area contributed by atoms with E-state index in [1.807, 2.05) is 47.4 Å². The molecule has 5 nitrogen and oxygen atoms in total. The van der Waals surface area contributed by atoms with Gasteiger partial charge in [0.15, 0.2) is 0 Å². The standard InChI is InChI=1S/C23H25ClN2O3/c24-19-8-9-21-17(14-19)13-18(15-29-21)22(27)25-20(12-16-6-2-1-3-7-16)23(28)26-10-4-5-11-26/h1-3,6-9,14,18,20H,4-5,10-13,15H2,(H,25,27). The van der Waals surface area contributed by atoms with Crippen LogP contribution in [0.2, 0.25) is 5.02 Å². The first-order valence-corrected chi connectivity index (χ1v) is 10.5. The summed E-state index contributed by atoms with van der Waals surface area (Å²) in [5.41, 5.74) is 1.96. The minimum Gasteiger partial charge on any atom is -0.492 e. The molecule has 2 aliphatic heterocycles. The Labute approximate surface area is 176 Å². The zero-order chi connectivity index (χ0) is 20.2. The molecule has 2 amide bonds. The Balaban J connectivity index is 1.47. The highest BCUT2D eigenvalue weighted by Gasteiger charge is 2.32. The van der Waals surface area contributed by atoms with Gasteiger partial charge in [-0.3, -0.25) is 9.59 Å². The van der Waals surface area contributed by atoms with Crippen LogP contribution in [0.3, 0.4) is 0 Å². The lowest BCUT2D eigenvalue weighted by molar-refractivity contribution is -0.137. The Bertz CT molecular complexity index is 881. The Morgan fingerprint density at radius 3 is 2.66 bits per heavy atom. The Morgan fingerprint density at radius 2 is 1.90 bits per heavy atom. The largest absolute Gasteiger partial charge is 0.492 e. The van der Waals surface area contributed by atoms with Crippen molar-refractivity contribution in [1.82, 2.24) is 10.2 Å². The molecule has 2 heterocycles. The van der Waals surface area contributed by atoms with Crippen LogP contribution in [-0.4, -0.2) is 42.5 Å². The van der Waals surface area contributed by atoms with Gasteiger partial charge in [0.05, 0.1) is 5.92 Å². The van der Waals surface area contributed by atoms with Crippen LogP contribution in [0.15, 0.2) is 48.5 Å². The monoisotopic (exact) mass is 412 g/mol. The minimum atomic E-state index is -0.566. The third-order valence-electron chi connectivity index (χ3n) is 5.61. The molecule has 29 heavy (non-hydrogen) atoms. The molecule has 2 aliphatic rings. The van der Waals surface area contributed by atoms with E-state index in [-0.39, 0.29) is 17.7 Å². The summed E-state index contributed by atoms with van der Waals surface area (Å²) in [6.07, 6.45) is 3.08. The van der Waals surface area contributed by atoms with E-state index in [9.17, 15) is 9.59 Å². The Morgan fingerprint density at radius 1 is 1.14 bits per heavy atom. The van der Waals surface area contributed by atoms with Crippen molar-refractivity contribution in [3.05, 3.63) is 64.7 Å². The second kappa shape index (κ2) is 8.87. The van der Waals surface area contributed by atoms with Crippen LogP contribution in [0.4, 0.5) is 0 Å². The third kappa shape index (κ3) is 4.73. The highest BCUT2D eigenvalue weighted by Crippen LogP contribution is 2.30. The fourth-order valence-corrected chi connectivity index (χ4v) is 4.22. The molecule has 0 aromatic heterocycles. The maximum Gasteiger partial charge on any atom is 0.245 e. The summed E-state index contributed by atoms with van der Waals surface area (Å²) < 4.78 is 5.76. The second-order valence-electron chi connectivity index (χ2n) is 7.75. The quantitative estimate of drug-likeness (QED) is 0.820. The maximum absolute atomic E-state index is 13.1. The van der Waals surface area contributed by atoms with Crippen molar-refractivity contribution in [2.75, 3.05) is 19.7 Å². The van der Waals surface area contributed by atoms with Gasteiger partial charge in [0.25, 0.3) is 0 Å². The molecular formula is C23H25ClN2O3. The number of ether oxygens (including phenoxy) is 1. The Hall–Kier alpha value is -2.53. The summed E-state index contributed by atoms with van der Waals surface area (Å²) in [4.78, 5) is 28.0. The first kappa shape index (κ1) is 19.8. The number of carbonyl (C=O) groups excluding carboxylic acids is 2. The average Bonchev–Trinajstić information content (AvgIpc) is 3.28. The van der Waals surface area contributed by atoms with Crippen molar-refractivity contribution in [3.63, 3.8) is 0 Å². The van der Waals surface area contributed by atoms with Gasteiger partial charge in [-0.05, 0) is 48.6 Å². The molecule has 0 aliphatic carbocycles. The smallest absolute Gasteiger partial charge is 0.245 e. The summed E-state index contributed by atoms with van der Waals surface area (Å²) in [5.74, 6) is 0.280. The summed E-state index contributed by atoms with van der Waals surface area (Å²) in [6, 6.07) is 14.7. The van der Waals surface area contributed by atoms with Crippen LogP contribution < -0.4 is 10.1 Å². The number of carbonyl (C=O) groups is 2. The van der Waals surface area contributed by atoms with Crippen molar-refractivity contribution in [3.8, 4) is 5.75 Å². The number of rotatable bonds is 5. The topological polar surface area (TPSA) is 58.6 Å². The molecule has 2 aromatic carbocycles. The molecule has 4 rings (SSSR count). The van der Waals surface area contributed by atoms with E-state index in [4.69, 9.17) is 16.3 Å². The predicted molar refractivity (Wildman–Crippen MR) is 112 cm³/mol. The van der Waals surface area contributed by atoms with Gasteiger partial charge < -0.3 is 15.0 Å². The second-order valence-corrected chi connectivity index (χ2v) is 8.18. The van der Waals surface area contributed by atoms with Crippen LogP contribution in [0, 0.1) is 5.92 Å². The van der Waals surface area contributed by atoms with Crippen molar-refractivity contribution in [2.45, 2.75) is 31.7 Å². The summed E-state index contributed by atoms with van der Waals surface area (Å²) in [5, 5.41) is 3.64. The number of likely N-dealkylation sites (tertiary alicyclic amines) is 1. The van der Waals surface area contributed by atoms with Gasteiger partial charge in [0.1, 0.15) is 18.4 Å². The lowest BCUT2D eigenvalue weighted by atomic mass is 9.95. The molecule has 1 fully saturated rings. The number of benzene rings is 2. The van der Waals surface area contributed by atoms with Crippen LogP contribution in [0.1, 0.15) is 24.0 Å². The zero-order valence-corrected chi connectivity index (χ0v) is 17.0. The molecule has 2 aromatic rings. The number of nitrogens with one attached hydrogen (secondary N) is 1. The number of hydrogen-bond donors (Lipinski definition) is 1. The number of nitrogens with zero attached hydrogens (tertiary/aromatic N) is 1. The predicted octanol–water partition coefficient (Wildman–Crippen LogP) is 3.24. The van der Waals surface area contributed by atoms with Gasteiger partial charge in [-0.1, -0.05) is 41.9 Å². The molecular weight excluding hydrogens is 388 g/mol. The van der Waals surface area contributed by atoms with Crippen LogP contribution in [0.25, 0.3) is 0 Å². The highest BCUT2D eigenvalue weighted by atomic mass is 35.5. The molecule has 0 saturated carbocycles. The SMILES string of the molecule is O=C(NC(Cc1ccccc1)C(=O)N1CCCC1)C1COc2ccc(Cl)cc2C1. The van der Waals surface area contributed by atoms with E-state index in [1.165, 1.54) is 0 Å². The fraction of sp³-hybridized carbons (Fsp3) is 0.391. The summed E-state index contributed by atoms with van der Waals surface area (Å²) in [7, 11) is 0. The molecule has 0 bridgehead atoms. The highest BCUT2D eigenvalue weighted by molar-refractivity contribution is 6.30. The van der Waals surface area contributed by atoms with E-state index in [0.29, 0.717) is 24.5 Å². The molecule has 2 atom stereocenters. The maximum atomic E-state index is 13.1. The van der Waals surface area contributed by atoms with Gasteiger partial charge in [-0.2, -0.15) is 0 Å². The van der Waals surface area contributed by atoms with Crippen molar-refractivity contribution in [2.24, 2.45) is 5.92 Å². The number of hydrogen-bond acceptors (Lipinski definition) is 3. The van der Waals surface area contributed by atoms with E-state index in [1.54, 1.807) is 6.07 Å². The summed E-state index contributed by atoms with van der Waals surface area (Å²) in [6.45, 7) is 1.83. The molecule has 152 valence electrons. The van der Waals surface area contributed by atoms with E-state index in [0.717, 1.165) is 42.8 Å². The Kier molecular flexibility index (Phi) is 6.05. The van der Waals surface area contributed by atoms with Crippen molar-refractivity contribution in [1.29, 1.82) is 0 Å². The number of amides is 2. The summed E-state index contributed by atoms with van der Waals surface area (Å²) >= 11 is 6.09. The van der Waals surface area contributed by atoms with Gasteiger partial charge in [-0.25, -0.2) is 0 Å². The zero-order valence-electron chi connectivity index (χ0n) is 16.3. The molecule has 0 radical (unpaired) electrons. The molecule has 1 N–H and O–H groups in total. The minimum absolute atomic E-state index is 0.000115. The lowest BCUT2D eigenvalue weighted by Crippen LogP contribution is -2.51. The van der Waals surface area contributed by atoms with Crippen molar-refractivity contribution >= 4 is 23.4 Å². The molecule has 0 spiro atoms. The first-order chi connectivity index (χ1) is 14.1. The molecule has 6 heteroatoms. The van der Waals surface area contributed by atoms with E-state index >= 15 is 0 Å². The molecule has 2 unspecified atom stereocenters. The van der Waals surface area contributed by atoms with E-state index < -0.39 is 6.04 Å². The third-order valence-corrected chi connectivity index (χ3v) is 5.85. The van der Waals surface area contributed by atoms with Crippen molar-refractivity contribution < 1.29 is 14.3 Å². The van der Waals surface area contributed by atoms with Gasteiger partial charge in [0.2, 0.25) is 11.8 Å². The average molecular weight is 413 g/mol. The van der Waals surface area contributed by atoms with Gasteiger partial charge in [0, 0.05) is 24.5 Å². The fourth-order valence-electron chi connectivity index (χ4n) is 4.03. The van der Waals surface area contributed by atoms with Crippen LogP contribution in [-0.2, 0) is 22.4 Å². The van der Waals surface area contributed by atoms with E-state index in [2.05, 4.69) is 5.32 Å². The lowest BCUT2D eigenvalue weighted by Gasteiger charge is -2.28. The first-order valence-electron chi connectivity index (χ1n) is 10.1. The molecule has 1 saturated heterocycles. The van der Waals surface area contributed by atoms with Crippen LogP contribution in [0.5, 0.6) is 5.75 Å². The number of halogens is 1. The van der Waals surface area contributed by atoms with Gasteiger partial charge >= 0.3 is 0 Å². The van der Waals surface area contributed by atoms with Crippen LogP contribution >= 0.6 is 11.6 Å². The number of fused-ring (bicyclic) bond motifs is 1.